The Kier molecular flexibility index (Phi) is 3.11. The molecule has 0 spiro atoms. The first-order chi connectivity index (χ1) is 6.34. The topological polar surface area (TPSA) is 61.8 Å². The minimum absolute atomic E-state index is 0.905. The van der Waals surface area contributed by atoms with E-state index in [1.165, 1.54) is 0 Å². The normalized spacial score (nSPS) is 32.0. The van der Waals surface area contributed by atoms with Gasteiger partial charge in [0, 0.05) is 0 Å². The second-order valence-electron chi connectivity index (χ2n) is 3.29. The highest BCUT2D eigenvalue weighted by Gasteiger charge is 2.43. The average Bonchev–Trinajstić information content (AvgIpc) is 2.01. The van der Waals surface area contributed by atoms with Crippen LogP contribution in [0, 0.1) is 5.41 Å². The minimum atomic E-state index is -1.20. The molecule has 2 unspecified atom stereocenters. The monoisotopic (exact) mass is 242 g/mol. The quantitative estimate of drug-likeness (QED) is 0.371. The van der Waals surface area contributed by atoms with E-state index in [4.69, 9.17) is 23.2 Å². The molecule has 2 atom stereocenters. The maximum atomic E-state index is 10.8. The molecule has 0 amide bonds. The van der Waals surface area contributed by atoms with E-state index in [-0.39, 0.29) is 0 Å². The summed E-state index contributed by atoms with van der Waals surface area (Å²) in [5, 5.41) is 0. The van der Waals surface area contributed by atoms with Crippen LogP contribution in [-0.4, -0.2) is 23.4 Å². The lowest BCUT2D eigenvalue weighted by molar-refractivity contribution is -0.0568. The van der Waals surface area contributed by atoms with E-state index in [1.807, 2.05) is 0 Å². The molecule has 7 heteroatoms. The summed E-state index contributed by atoms with van der Waals surface area (Å²) in [5.74, 6) is 0. The van der Waals surface area contributed by atoms with Crippen molar-refractivity contribution in [3.63, 3.8) is 0 Å². The van der Waals surface area contributed by atoms with Crippen LogP contribution < -0.4 is 0 Å². The van der Waals surface area contributed by atoms with Crippen molar-refractivity contribution < 1.29 is 23.8 Å². The van der Waals surface area contributed by atoms with Gasteiger partial charge < -0.3 is 14.2 Å². The van der Waals surface area contributed by atoms with Gasteiger partial charge >= 0.3 is 12.3 Å². The second-order valence-corrected chi connectivity index (χ2v) is 4.08. The first-order valence-corrected chi connectivity index (χ1v) is 4.58. The van der Waals surface area contributed by atoms with Gasteiger partial charge in [-0.05, 0) is 0 Å². The van der Waals surface area contributed by atoms with Crippen molar-refractivity contribution in [2.75, 3.05) is 0 Å². The molecular formula is C7H8Cl2O5. The Bertz CT molecular complexity index is 241. The zero-order valence-corrected chi connectivity index (χ0v) is 8.96. The summed E-state index contributed by atoms with van der Waals surface area (Å²) in [6, 6.07) is 0. The van der Waals surface area contributed by atoms with Crippen LogP contribution in [0.5, 0.6) is 0 Å². The summed E-state index contributed by atoms with van der Waals surface area (Å²) in [7, 11) is 0. The molecule has 1 rings (SSSR count). The van der Waals surface area contributed by atoms with Crippen molar-refractivity contribution in [2.24, 2.45) is 5.41 Å². The Labute approximate surface area is 90.2 Å². The molecule has 1 fully saturated rings. The van der Waals surface area contributed by atoms with Crippen molar-refractivity contribution >= 4 is 35.5 Å². The first kappa shape index (κ1) is 11.4. The standard InChI is InChI=1S/C7H8Cl2O5/c1-7(2)3(8)12-5(10)14-6(11)13-4(7)9/h3-4H,1-2H3. The first-order valence-electron chi connectivity index (χ1n) is 3.71. The van der Waals surface area contributed by atoms with E-state index in [0.717, 1.165) is 0 Å². The van der Waals surface area contributed by atoms with Crippen LogP contribution in [0.15, 0.2) is 0 Å². The molecule has 0 saturated carbocycles. The van der Waals surface area contributed by atoms with E-state index < -0.39 is 28.9 Å². The largest absolute Gasteiger partial charge is 0.520 e. The molecule has 0 bridgehead atoms. The van der Waals surface area contributed by atoms with E-state index in [0.29, 0.717) is 0 Å². The maximum Gasteiger partial charge on any atom is 0.520 e. The fourth-order valence-corrected chi connectivity index (χ4v) is 1.13. The molecular weight excluding hydrogens is 235 g/mol. The molecule has 0 N–H and O–H groups in total. The number of rotatable bonds is 0. The van der Waals surface area contributed by atoms with Gasteiger partial charge in [-0.1, -0.05) is 37.0 Å². The summed E-state index contributed by atoms with van der Waals surface area (Å²) in [6.45, 7) is 3.18. The zero-order valence-electron chi connectivity index (χ0n) is 7.45. The molecule has 14 heavy (non-hydrogen) atoms. The number of alkyl halides is 2. The van der Waals surface area contributed by atoms with Crippen LogP contribution in [0.3, 0.4) is 0 Å². The van der Waals surface area contributed by atoms with Crippen molar-refractivity contribution in [1.29, 1.82) is 0 Å². The third-order valence-electron chi connectivity index (χ3n) is 1.74. The van der Waals surface area contributed by atoms with Gasteiger partial charge in [0.2, 0.25) is 0 Å². The van der Waals surface area contributed by atoms with Crippen LogP contribution in [0.4, 0.5) is 9.59 Å². The summed E-state index contributed by atoms with van der Waals surface area (Å²) >= 11 is 11.4. The number of halogens is 2. The predicted octanol–water partition coefficient (Wildman–Crippen LogP) is 2.45. The number of ether oxygens (including phenoxy) is 3. The van der Waals surface area contributed by atoms with E-state index in [1.54, 1.807) is 13.8 Å². The summed E-state index contributed by atoms with van der Waals surface area (Å²) in [4.78, 5) is 21.6. The number of carbonyl (C=O) groups excluding carboxylic acids is 2. The highest BCUT2D eigenvalue weighted by atomic mass is 35.5. The summed E-state index contributed by atoms with van der Waals surface area (Å²) in [6.07, 6.45) is -2.40. The molecule has 0 radical (unpaired) electrons. The molecule has 0 aromatic rings. The lowest BCUT2D eigenvalue weighted by Gasteiger charge is -2.33. The maximum absolute atomic E-state index is 10.8. The van der Waals surface area contributed by atoms with Gasteiger partial charge in [0.25, 0.3) is 0 Å². The van der Waals surface area contributed by atoms with Crippen molar-refractivity contribution in [1.82, 2.24) is 0 Å². The Hall–Kier alpha value is -0.680. The molecule has 0 aliphatic carbocycles. The van der Waals surface area contributed by atoms with E-state index >= 15 is 0 Å². The SMILES string of the molecule is CC1(C)C(Cl)OC(=O)OC(=O)OC1Cl. The molecule has 1 aliphatic heterocycles. The van der Waals surface area contributed by atoms with Crippen LogP contribution in [0.25, 0.3) is 0 Å². The zero-order chi connectivity index (χ0) is 10.9. The van der Waals surface area contributed by atoms with Crippen molar-refractivity contribution in [3.05, 3.63) is 0 Å². The molecule has 1 heterocycles. The minimum Gasteiger partial charge on any atom is -0.413 e. The van der Waals surface area contributed by atoms with Gasteiger partial charge in [0.1, 0.15) is 0 Å². The number of cyclic esters (lactones) is 4. The van der Waals surface area contributed by atoms with Gasteiger partial charge in [0.05, 0.1) is 5.41 Å². The Morgan fingerprint density at radius 1 is 1.07 bits per heavy atom. The van der Waals surface area contributed by atoms with Crippen LogP contribution in [0.1, 0.15) is 13.8 Å². The number of hydrogen-bond donors (Lipinski definition) is 0. The molecule has 1 aliphatic rings. The fraction of sp³-hybridized carbons (Fsp3) is 0.714. The summed E-state index contributed by atoms with van der Waals surface area (Å²) in [5.41, 5.74) is -2.98. The van der Waals surface area contributed by atoms with Gasteiger partial charge in [-0.3, -0.25) is 0 Å². The Balaban J connectivity index is 2.86. The van der Waals surface area contributed by atoms with E-state index in [9.17, 15) is 9.59 Å². The molecule has 80 valence electrons. The lowest BCUT2D eigenvalue weighted by Crippen LogP contribution is -2.42. The predicted molar refractivity (Wildman–Crippen MR) is 47.1 cm³/mol. The molecule has 0 aromatic carbocycles. The summed E-state index contributed by atoms with van der Waals surface area (Å²) < 4.78 is 13.2. The van der Waals surface area contributed by atoms with Gasteiger partial charge in [-0.25, -0.2) is 9.59 Å². The van der Waals surface area contributed by atoms with Crippen LogP contribution in [-0.2, 0) is 14.2 Å². The van der Waals surface area contributed by atoms with Gasteiger partial charge in [0.15, 0.2) is 11.1 Å². The third kappa shape index (κ3) is 2.22. The van der Waals surface area contributed by atoms with E-state index in [2.05, 4.69) is 14.2 Å². The average molecular weight is 243 g/mol. The number of carbonyl (C=O) groups is 2. The van der Waals surface area contributed by atoms with Gasteiger partial charge in [-0.15, -0.1) is 0 Å². The third-order valence-corrected chi connectivity index (χ3v) is 3.04. The Morgan fingerprint density at radius 3 is 1.79 bits per heavy atom. The fourth-order valence-electron chi connectivity index (χ4n) is 0.692. The van der Waals surface area contributed by atoms with Crippen LogP contribution in [0.2, 0.25) is 0 Å². The molecule has 0 aromatic heterocycles. The van der Waals surface area contributed by atoms with Crippen molar-refractivity contribution in [2.45, 2.75) is 25.0 Å². The molecule has 5 nitrogen and oxygen atoms in total. The van der Waals surface area contributed by atoms with Crippen molar-refractivity contribution in [3.8, 4) is 0 Å². The second kappa shape index (κ2) is 3.82. The molecule has 1 saturated heterocycles. The highest BCUT2D eigenvalue weighted by molar-refractivity contribution is 6.24. The van der Waals surface area contributed by atoms with Crippen LogP contribution >= 0.6 is 23.2 Å². The number of hydrogen-bond acceptors (Lipinski definition) is 5. The Morgan fingerprint density at radius 2 is 1.43 bits per heavy atom. The smallest absolute Gasteiger partial charge is 0.413 e. The van der Waals surface area contributed by atoms with Gasteiger partial charge in [-0.2, -0.15) is 0 Å². The highest BCUT2D eigenvalue weighted by Crippen LogP contribution is 2.36. The lowest BCUT2D eigenvalue weighted by atomic mass is 9.95.